The summed E-state index contributed by atoms with van der Waals surface area (Å²) in [4.78, 5) is 23.3. The lowest BCUT2D eigenvalue weighted by Crippen LogP contribution is -2.49. The molecule has 1 amide bonds. The van der Waals surface area contributed by atoms with Crippen LogP contribution in [0.2, 0.25) is 0 Å². The van der Waals surface area contributed by atoms with Gasteiger partial charge in [-0.2, -0.15) is 0 Å². The molecule has 34 heavy (non-hydrogen) atoms. The number of methoxy groups -OCH3 is 2. The Morgan fingerprint density at radius 1 is 0.912 bits per heavy atom. The molecule has 2 saturated heterocycles. The van der Waals surface area contributed by atoms with E-state index < -0.39 is 0 Å². The molecule has 0 spiro atoms. The molecular formula is C26H33N5O3. The van der Waals surface area contributed by atoms with E-state index in [1.165, 1.54) is 18.5 Å². The van der Waals surface area contributed by atoms with Crippen LogP contribution >= 0.6 is 0 Å². The highest BCUT2D eigenvalue weighted by molar-refractivity contribution is 5.96. The first kappa shape index (κ1) is 22.4. The average Bonchev–Trinajstić information content (AvgIpc) is 3.42. The van der Waals surface area contributed by atoms with Gasteiger partial charge in [-0.15, -0.1) is 0 Å². The minimum atomic E-state index is 0.151. The van der Waals surface area contributed by atoms with Crippen LogP contribution < -0.4 is 19.7 Å². The third-order valence-electron chi connectivity index (χ3n) is 7.04. The van der Waals surface area contributed by atoms with Crippen molar-refractivity contribution in [2.75, 3.05) is 64.9 Å². The van der Waals surface area contributed by atoms with Gasteiger partial charge >= 0.3 is 0 Å². The molecule has 0 atom stereocenters. The highest BCUT2D eigenvalue weighted by Crippen LogP contribution is 2.38. The zero-order chi connectivity index (χ0) is 23.7. The normalized spacial score (nSPS) is 18.5. The quantitative estimate of drug-likeness (QED) is 0.731. The van der Waals surface area contributed by atoms with Crippen molar-refractivity contribution in [1.29, 1.82) is 0 Å². The number of allylic oxidation sites excluding steroid dienone is 2. The van der Waals surface area contributed by atoms with Crippen LogP contribution in [-0.4, -0.2) is 80.7 Å². The van der Waals surface area contributed by atoms with Gasteiger partial charge in [-0.25, -0.2) is 4.98 Å². The molecule has 1 N–H and O–H groups in total. The monoisotopic (exact) mass is 463 g/mol. The number of carbonyl (C=O) groups is 1. The molecule has 8 heteroatoms. The van der Waals surface area contributed by atoms with E-state index in [4.69, 9.17) is 14.5 Å². The first-order chi connectivity index (χ1) is 16.6. The minimum Gasteiger partial charge on any atom is -0.493 e. The van der Waals surface area contributed by atoms with E-state index in [9.17, 15) is 4.79 Å². The van der Waals surface area contributed by atoms with Gasteiger partial charge in [0.15, 0.2) is 11.5 Å². The molecule has 4 heterocycles. The van der Waals surface area contributed by atoms with E-state index in [1.807, 2.05) is 17.0 Å². The lowest BCUT2D eigenvalue weighted by Gasteiger charge is -2.37. The number of pyridine rings is 1. The smallest absolute Gasteiger partial charge is 0.219 e. The van der Waals surface area contributed by atoms with Crippen molar-refractivity contribution in [3.05, 3.63) is 41.9 Å². The molecular weight excluding hydrogens is 430 g/mol. The number of rotatable bonds is 5. The highest BCUT2D eigenvalue weighted by atomic mass is 16.5. The molecule has 0 aliphatic carbocycles. The number of dihydropyridines is 1. The zero-order valence-corrected chi connectivity index (χ0v) is 20.3. The van der Waals surface area contributed by atoms with Crippen LogP contribution in [0.1, 0.15) is 25.5 Å². The molecule has 8 nitrogen and oxygen atoms in total. The van der Waals surface area contributed by atoms with E-state index >= 15 is 0 Å². The fraction of sp³-hybridized carbons (Fsp3) is 0.462. The first-order valence-corrected chi connectivity index (χ1v) is 12.0. The van der Waals surface area contributed by atoms with Gasteiger partial charge in [0.25, 0.3) is 0 Å². The molecule has 5 rings (SSSR count). The van der Waals surface area contributed by atoms with Gasteiger partial charge in [0.1, 0.15) is 5.82 Å². The number of benzene rings is 1. The van der Waals surface area contributed by atoms with Crippen LogP contribution in [-0.2, 0) is 4.79 Å². The molecule has 2 aromatic rings. The standard InChI is InChI=1S/C26H33N5O3/c1-18(32)29-10-12-31(13-11-29)26-7-6-19(17-27-26)21-15-23(30-8-4-5-9-30)20-14-24(33-2)25(34-3)16-22(20)28-21/h6-7,14-16,27H,4-5,8-13,17H2,1-3H3. The molecule has 0 bridgehead atoms. The SMILES string of the molecule is COc1cc2nc(C3=CC=C(N4CCN(C(C)=O)CC4)NC3)cc(N3CCCC3)c2cc1OC. The zero-order valence-electron chi connectivity index (χ0n) is 20.3. The first-order valence-electron chi connectivity index (χ1n) is 12.0. The van der Waals surface area contributed by atoms with E-state index in [-0.39, 0.29) is 5.91 Å². The van der Waals surface area contributed by atoms with E-state index in [1.54, 1.807) is 21.1 Å². The molecule has 1 aromatic carbocycles. The number of nitrogens with one attached hydrogen (secondary N) is 1. The third kappa shape index (κ3) is 4.24. The topological polar surface area (TPSA) is 70.2 Å². The van der Waals surface area contributed by atoms with Gasteiger partial charge in [-0.3, -0.25) is 4.79 Å². The Kier molecular flexibility index (Phi) is 6.22. The van der Waals surface area contributed by atoms with Gasteiger partial charge in [0.2, 0.25) is 5.91 Å². The predicted octanol–water partition coefficient (Wildman–Crippen LogP) is 2.84. The summed E-state index contributed by atoms with van der Waals surface area (Å²) in [5, 5.41) is 4.67. The van der Waals surface area contributed by atoms with Crippen molar-refractivity contribution in [2.24, 2.45) is 0 Å². The minimum absolute atomic E-state index is 0.151. The van der Waals surface area contributed by atoms with Gasteiger partial charge in [-0.1, -0.05) is 6.08 Å². The summed E-state index contributed by atoms with van der Waals surface area (Å²) >= 11 is 0. The van der Waals surface area contributed by atoms with Crippen molar-refractivity contribution >= 4 is 28.1 Å². The molecule has 0 saturated carbocycles. The van der Waals surface area contributed by atoms with Crippen LogP contribution in [0, 0.1) is 0 Å². The Bertz CT molecular complexity index is 1140. The number of ether oxygens (including phenoxy) is 2. The summed E-state index contributed by atoms with van der Waals surface area (Å²) in [6.45, 7) is 7.68. The Morgan fingerprint density at radius 3 is 2.24 bits per heavy atom. The fourth-order valence-electron chi connectivity index (χ4n) is 5.06. The number of hydrogen-bond acceptors (Lipinski definition) is 7. The van der Waals surface area contributed by atoms with Crippen LogP contribution in [0.15, 0.2) is 36.2 Å². The van der Waals surface area contributed by atoms with Gasteiger partial charge in [-0.05, 0) is 36.6 Å². The number of carbonyl (C=O) groups excluding carboxylic acids is 1. The van der Waals surface area contributed by atoms with Crippen LogP contribution in [0.4, 0.5) is 5.69 Å². The number of anilines is 1. The summed E-state index contributed by atoms with van der Waals surface area (Å²) in [6.07, 6.45) is 6.73. The summed E-state index contributed by atoms with van der Waals surface area (Å²) in [5.74, 6) is 2.67. The van der Waals surface area contributed by atoms with Crippen molar-refractivity contribution < 1.29 is 14.3 Å². The second-order valence-electron chi connectivity index (χ2n) is 9.04. The molecule has 2 fully saturated rings. The summed E-state index contributed by atoms with van der Waals surface area (Å²) in [6, 6.07) is 6.24. The van der Waals surface area contributed by atoms with Crippen molar-refractivity contribution in [2.45, 2.75) is 19.8 Å². The summed E-state index contributed by atoms with van der Waals surface area (Å²) in [5.41, 5.74) is 4.25. The number of nitrogens with zero attached hydrogens (tertiary/aromatic N) is 4. The maximum absolute atomic E-state index is 11.6. The Morgan fingerprint density at radius 2 is 1.62 bits per heavy atom. The van der Waals surface area contributed by atoms with E-state index in [0.717, 1.165) is 73.0 Å². The largest absolute Gasteiger partial charge is 0.493 e. The average molecular weight is 464 g/mol. The maximum Gasteiger partial charge on any atom is 0.219 e. The Labute approximate surface area is 200 Å². The van der Waals surface area contributed by atoms with Crippen LogP contribution in [0.5, 0.6) is 11.5 Å². The Balaban J connectivity index is 1.47. The molecule has 0 radical (unpaired) electrons. The van der Waals surface area contributed by atoms with Crippen molar-refractivity contribution in [3.63, 3.8) is 0 Å². The summed E-state index contributed by atoms with van der Waals surface area (Å²) in [7, 11) is 3.33. The number of amides is 1. The van der Waals surface area contributed by atoms with Crippen molar-refractivity contribution in [1.82, 2.24) is 20.1 Å². The molecule has 3 aliphatic rings. The van der Waals surface area contributed by atoms with Crippen molar-refractivity contribution in [3.8, 4) is 11.5 Å². The number of piperazine rings is 1. The number of fused-ring (bicyclic) bond motifs is 1. The molecule has 1 aromatic heterocycles. The number of hydrogen-bond donors (Lipinski definition) is 1. The van der Waals surface area contributed by atoms with Gasteiger partial charge < -0.3 is 29.5 Å². The molecule has 0 unspecified atom stereocenters. The van der Waals surface area contributed by atoms with Crippen LogP contribution in [0.25, 0.3) is 16.5 Å². The third-order valence-corrected chi connectivity index (χ3v) is 7.04. The molecule has 3 aliphatic heterocycles. The Hall–Kier alpha value is -3.42. The maximum atomic E-state index is 11.6. The fourth-order valence-corrected chi connectivity index (χ4v) is 5.06. The molecule has 180 valence electrons. The lowest BCUT2D eigenvalue weighted by atomic mass is 10.0. The van der Waals surface area contributed by atoms with Crippen LogP contribution in [0.3, 0.4) is 0 Å². The number of aromatic nitrogens is 1. The van der Waals surface area contributed by atoms with E-state index in [0.29, 0.717) is 12.3 Å². The second kappa shape index (κ2) is 9.44. The van der Waals surface area contributed by atoms with Gasteiger partial charge in [0.05, 0.1) is 25.4 Å². The second-order valence-corrected chi connectivity index (χ2v) is 9.04. The predicted molar refractivity (Wildman–Crippen MR) is 134 cm³/mol. The summed E-state index contributed by atoms with van der Waals surface area (Å²) < 4.78 is 11.1. The lowest BCUT2D eigenvalue weighted by molar-refractivity contribution is -0.130. The highest BCUT2D eigenvalue weighted by Gasteiger charge is 2.23. The van der Waals surface area contributed by atoms with E-state index in [2.05, 4.69) is 33.3 Å². The van der Waals surface area contributed by atoms with Gasteiger partial charge in [0, 0.05) is 69.9 Å².